The third kappa shape index (κ3) is 4.65. The summed E-state index contributed by atoms with van der Waals surface area (Å²) in [6.07, 6.45) is 2.12. The maximum absolute atomic E-state index is 12.8. The lowest BCUT2D eigenvalue weighted by atomic mass is 9.99. The first-order valence-electron chi connectivity index (χ1n) is 10.2. The molecule has 1 aliphatic rings. The lowest BCUT2D eigenvalue weighted by molar-refractivity contribution is 0.0690. The molecule has 1 aliphatic heterocycles. The van der Waals surface area contributed by atoms with Crippen LogP contribution in [0.1, 0.15) is 35.9 Å². The fraction of sp³-hybridized carbons (Fsp3) is 0.280. The van der Waals surface area contributed by atoms with Gasteiger partial charge < -0.3 is 9.64 Å². The number of likely N-dealkylation sites (tertiary alicyclic amines) is 1. The molecule has 4 heteroatoms. The second-order valence-electron chi connectivity index (χ2n) is 7.64. The molecule has 2 aromatic carbocycles. The Morgan fingerprint density at radius 3 is 2.48 bits per heavy atom. The molecule has 1 saturated heterocycles. The quantitative estimate of drug-likeness (QED) is 0.605. The predicted octanol–water partition coefficient (Wildman–Crippen LogP) is 5.20. The Morgan fingerprint density at radius 1 is 0.966 bits per heavy atom. The zero-order chi connectivity index (χ0) is 20.1. The Kier molecular flexibility index (Phi) is 5.89. The number of benzene rings is 2. The molecular formula is C25H26N2O2. The molecule has 29 heavy (non-hydrogen) atoms. The number of nitrogens with zero attached hydrogens (tertiary/aromatic N) is 2. The minimum atomic E-state index is 0.0171. The highest BCUT2D eigenvalue weighted by atomic mass is 16.5. The van der Waals surface area contributed by atoms with Gasteiger partial charge in [0.05, 0.1) is 5.69 Å². The van der Waals surface area contributed by atoms with E-state index in [1.54, 1.807) is 6.07 Å². The average molecular weight is 386 g/mol. The van der Waals surface area contributed by atoms with Crippen molar-refractivity contribution in [3.8, 4) is 16.9 Å². The van der Waals surface area contributed by atoms with Gasteiger partial charge in [-0.05, 0) is 42.5 Å². The molecule has 0 spiro atoms. The summed E-state index contributed by atoms with van der Waals surface area (Å²) in [6.45, 7) is 4.19. The molecule has 2 heterocycles. The molecule has 0 aliphatic carbocycles. The number of carbonyl (C=O) groups excluding carboxylic acids is 1. The number of rotatable bonds is 5. The third-order valence-corrected chi connectivity index (χ3v) is 5.44. The van der Waals surface area contributed by atoms with Gasteiger partial charge in [-0.15, -0.1) is 0 Å². The summed E-state index contributed by atoms with van der Waals surface area (Å²) in [7, 11) is 0. The van der Waals surface area contributed by atoms with Crippen LogP contribution in [0, 0.1) is 5.92 Å². The van der Waals surface area contributed by atoms with Crippen LogP contribution in [0.25, 0.3) is 11.1 Å². The van der Waals surface area contributed by atoms with Crippen LogP contribution in [-0.4, -0.2) is 28.9 Å². The molecule has 1 fully saturated rings. The first kappa shape index (κ1) is 19.2. The van der Waals surface area contributed by atoms with Crippen molar-refractivity contribution in [2.75, 3.05) is 13.1 Å². The van der Waals surface area contributed by atoms with Crippen LogP contribution in [0.4, 0.5) is 0 Å². The number of para-hydroxylation sites is 1. The molecule has 0 bridgehead atoms. The van der Waals surface area contributed by atoms with Gasteiger partial charge in [0.15, 0.2) is 0 Å². The number of piperidine rings is 1. The van der Waals surface area contributed by atoms with Gasteiger partial charge in [-0.2, -0.15) is 0 Å². The van der Waals surface area contributed by atoms with Gasteiger partial charge in [0.25, 0.3) is 5.91 Å². The van der Waals surface area contributed by atoms with Gasteiger partial charge in [0.2, 0.25) is 0 Å². The molecule has 0 N–H and O–H groups in total. The van der Waals surface area contributed by atoms with Crippen LogP contribution in [0.3, 0.4) is 0 Å². The number of amides is 1. The Balaban J connectivity index is 1.46. The normalized spacial score (nSPS) is 14.6. The van der Waals surface area contributed by atoms with E-state index in [0.29, 0.717) is 18.2 Å². The van der Waals surface area contributed by atoms with Crippen LogP contribution in [0.5, 0.6) is 5.75 Å². The van der Waals surface area contributed by atoms with Crippen LogP contribution in [0.15, 0.2) is 72.8 Å². The summed E-state index contributed by atoms with van der Waals surface area (Å²) in [5, 5.41) is 0. The molecule has 0 atom stereocenters. The fourth-order valence-electron chi connectivity index (χ4n) is 3.65. The minimum absolute atomic E-state index is 0.0171. The summed E-state index contributed by atoms with van der Waals surface area (Å²) in [4.78, 5) is 19.3. The van der Waals surface area contributed by atoms with Crippen molar-refractivity contribution in [2.45, 2.75) is 26.4 Å². The second kappa shape index (κ2) is 8.91. The molecule has 3 aromatic rings. The first-order chi connectivity index (χ1) is 14.2. The molecule has 148 valence electrons. The summed E-state index contributed by atoms with van der Waals surface area (Å²) in [6, 6.07) is 23.7. The Bertz CT molecular complexity index is 963. The number of hydrogen-bond acceptors (Lipinski definition) is 3. The highest BCUT2D eigenvalue weighted by molar-refractivity contribution is 5.92. The van der Waals surface area contributed by atoms with Gasteiger partial charge >= 0.3 is 0 Å². The van der Waals surface area contributed by atoms with E-state index in [9.17, 15) is 4.79 Å². The van der Waals surface area contributed by atoms with Crippen molar-refractivity contribution in [1.82, 2.24) is 9.88 Å². The van der Waals surface area contributed by atoms with E-state index < -0.39 is 0 Å². The molecule has 0 radical (unpaired) electrons. The molecule has 0 saturated carbocycles. The Morgan fingerprint density at radius 2 is 1.69 bits per heavy atom. The summed E-state index contributed by atoms with van der Waals surface area (Å²) in [5.74, 6) is 1.52. The van der Waals surface area contributed by atoms with E-state index in [4.69, 9.17) is 4.74 Å². The monoisotopic (exact) mass is 386 g/mol. The van der Waals surface area contributed by atoms with E-state index in [0.717, 1.165) is 48.5 Å². The van der Waals surface area contributed by atoms with Crippen LogP contribution >= 0.6 is 0 Å². The third-order valence-electron chi connectivity index (χ3n) is 5.44. The Labute approximate surface area is 172 Å². The van der Waals surface area contributed by atoms with Crippen LogP contribution in [-0.2, 0) is 6.61 Å². The van der Waals surface area contributed by atoms with Crippen molar-refractivity contribution in [3.63, 3.8) is 0 Å². The lowest BCUT2D eigenvalue weighted by Gasteiger charge is -2.30. The van der Waals surface area contributed by atoms with Crippen molar-refractivity contribution >= 4 is 5.91 Å². The smallest absolute Gasteiger partial charge is 0.272 e. The fourth-order valence-corrected chi connectivity index (χ4v) is 3.65. The number of ether oxygens (including phenoxy) is 1. The van der Waals surface area contributed by atoms with Gasteiger partial charge in [-0.1, -0.05) is 61.5 Å². The van der Waals surface area contributed by atoms with E-state index in [-0.39, 0.29) is 5.91 Å². The maximum Gasteiger partial charge on any atom is 0.272 e. The zero-order valence-electron chi connectivity index (χ0n) is 16.8. The second-order valence-corrected chi connectivity index (χ2v) is 7.64. The van der Waals surface area contributed by atoms with Crippen molar-refractivity contribution < 1.29 is 9.53 Å². The zero-order valence-corrected chi connectivity index (χ0v) is 16.8. The predicted molar refractivity (Wildman–Crippen MR) is 115 cm³/mol. The maximum atomic E-state index is 12.8. The highest BCUT2D eigenvalue weighted by Gasteiger charge is 2.22. The average Bonchev–Trinajstić information content (AvgIpc) is 2.79. The Hall–Kier alpha value is -3.14. The van der Waals surface area contributed by atoms with Gasteiger partial charge in [0, 0.05) is 18.7 Å². The SMILES string of the molecule is CC1CCN(C(=O)c2cccc(COc3ccccc3-c3ccccc3)n2)CC1. The summed E-state index contributed by atoms with van der Waals surface area (Å²) in [5.41, 5.74) is 3.41. The van der Waals surface area contributed by atoms with Crippen molar-refractivity contribution in [2.24, 2.45) is 5.92 Å². The van der Waals surface area contributed by atoms with Gasteiger partial charge in [-0.3, -0.25) is 4.79 Å². The summed E-state index contributed by atoms with van der Waals surface area (Å²) < 4.78 is 6.08. The van der Waals surface area contributed by atoms with Crippen LogP contribution in [0.2, 0.25) is 0 Å². The standard InChI is InChI=1S/C25H26N2O2/c1-19-14-16-27(17-15-19)25(28)23-12-7-10-21(26-23)18-29-24-13-6-5-11-22(24)20-8-3-2-4-9-20/h2-13,19H,14-18H2,1H3. The lowest BCUT2D eigenvalue weighted by Crippen LogP contribution is -2.38. The molecule has 4 nitrogen and oxygen atoms in total. The summed E-state index contributed by atoms with van der Waals surface area (Å²) >= 11 is 0. The van der Waals surface area contributed by atoms with E-state index >= 15 is 0 Å². The van der Waals surface area contributed by atoms with Crippen LogP contribution < -0.4 is 4.74 Å². The van der Waals surface area contributed by atoms with Crippen molar-refractivity contribution in [1.29, 1.82) is 0 Å². The number of pyridine rings is 1. The topological polar surface area (TPSA) is 42.4 Å². The minimum Gasteiger partial charge on any atom is -0.487 e. The van der Waals surface area contributed by atoms with E-state index in [1.165, 1.54) is 0 Å². The van der Waals surface area contributed by atoms with Gasteiger partial charge in [0.1, 0.15) is 18.1 Å². The molecule has 0 unspecified atom stereocenters. The van der Waals surface area contributed by atoms with E-state index in [1.807, 2.05) is 53.4 Å². The number of hydrogen-bond donors (Lipinski definition) is 0. The highest BCUT2D eigenvalue weighted by Crippen LogP contribution is 2.30. The molecule has 4 rings (SSSR count). The molecular weight excluding hydrogens is 360 g/mol. The van der Waals surface area contributed by atoms with Gasteiger partial charge in [-0.25, -0.2) is 4.98 Å². The molecule has 1 aromatic heterocycles. The first-order valence-corrected chi connectivity index (χ1v) is 10.2. The number of aromatic nitrogens is 1. The largest absolute Gasteiger partial charge is 0.487 e. The number of carbonyl (C=O) groups is 1. The van der Waals surface area contributed by atoms with E-state index in [2.05, 4.69) is 30.1 Å². The van der Waals surface area contributed by atoms with Crippen molar-refractivity contribution in [3.05, 3.63) is 84.2 Å². The molecule has 1 amide bonds.